The maximum atomic E-state index is 13.7. The van der Waals surface area contributed by atoms with Crippen molar-refractivity contribution in [3.8, 4) is 11.5 Å². The van der Waals surface area contributed by atoms with Crippen molar-refractivity contribution in [2.45, 2.75) is 83.1 Å². The summed E-state index contributed by atoms with van der Waals surface area (Å²) in [6.07, 6.45) is 5.36. The predicted octanol–water partition coefficient (Wildman–Crippen LogP) is 2.27. The van der Waals surface area contributed by atoms with Crippen molar-refractivity contribution in [2.24, 2.45) is 11.8 Å². The Hall–Kier alpha value is -2.62. The van der Waals surface area contributed by atoms with Crippen LogP contribution in [0.15, 0.2) is 23.8 Å². The van der Waals surface area contributed by atoms with Gasteiger partial charge in [0.2, 0.25) is 11.8 Å². The SMILES string of the molecule is COc1cc(CO)cc2c1OC1C2C(C(=O)NCCO)=CC(N(CCC(C)C)C(=O)CC2CCCC2)C1O. The van der Waals surface area contributed by atoms with E-state index in [0.717, 1.165) is 32.1 Å². The molecule has 0 aromatic heterocycles. The topological polar surface area (TPSA) is 129 Å². The lowest BCUT2D eigenvalue weighted by molar-refractivity contribution is -0.138. The van der Waals surface area contributed by atoms with Gasteiger partial charge in [0.1, 0.15) is 12.2 Å². The lowest BCUT2D eigenvalue weighted by atomic mass is 9.77. The normalized spacial score (nSPS) is 24.4. The average molecular weight is 531 g/mol. The average Bonchev–Trinajstić information content (AvgIpc) is 3.55. The Balaban J connectivity index is 1.75. The van der Waals surface area contributed by atoms with Gasteiger partial charge >= 0.3 is 0 Å². The van der Waals surface area contributed by atoms with Gasteiger partial charge in [-0.15, -0.1) is 0 Å². The van der Waals surface area contributed by atoms with Crippen molar-refractivity contribution in [2.75, 3.05) is 26.8 Å². The predicted molar refractivity (Wildman–Crippen MR) is 142 cm³/mol. The van der Waals surface area contributed by atoms with Crippen molar-refractivity contribution in [1.29, 1.82) is 0 Å². The third-order valence-electron chi connectivity index (χ3n) is 8.06. The first-order chi connectivity index (χ1) is 18.3. The number of fused-ring (bicyclic) bond motifs is 3. The molecule has 1 heterocycles. The number of nitrogens with one attached hydrogen (secondary N) is 1. The zero-order chi connectivity index (χ0) is 27.4. The lowest BCUT2D eigenvalue weighted by Gasteiger charge is -2.41. The number of carbonyl (C=O) groups is 2. The zero-order valence-electron chi connectivity index (χ0n) is 22.7. The standard InChI is InChI=1S/C29H42N2O7/c1-17(2)8-10-31(24(34)14-18-6-4-5-7-18)22-15-21(29(36)30-9-11-32)25-20-12-19(16-33)13-23(37-3)27(20)38-28(25)26(22)35/h12-13,15,17-18,22,25-26,28,32-33,35H,4-11,14,16H2,1-3H3,(H,30,36). The number of carbonyl (C=O) groups excluding carboxylic acids is 2. The Morgan fingerprint density at radius 3 is 2.58 bits per heavy atom. The fraction of sp³-hybridized carbons (Fsp3) is 0.655. The number of rotatable bonds is 11. The van der Waals surface area contributed by atoms with Crippen molar-refractivity contribution in [3.63, 3.8) is 0 Å². The van der Waals surface area contributed by atoms with E-state index in [2.05, 4.69) is 19.2 Å². The van der Waals surface area contributed by atoms with E-state index >= 15 is 0 Å². The number of amides is 2. The fourth-order valence-corrected chi connectivity index (χ4v) is 6.04. The van der Waals surface area contributed by atoms with Crippen molar-refractivity contribution in [3.05, 3.63) is 34.9 Å². The molecule has 0 spiro atoms. The molecule has 3 aliphatic rings. The largest absolute Gasteiger partial charge is 0.493 e. The molecule has 210 valence electrons. The Labute approximate surface area is 224 Å². The minimum absolute atomic E-state index is 0.0120. The maximum Gasteiger partial charge on any atom is 0.247 e. The molecule has 1 aromatic rings. The monoisotopic (exact) mass is 530 g/mol. The van der Waals surface area contributed by atoms with Gasteiger partial charge < -0.3 is 35.0 Å². The molecule has 4 atom stereocenters. The second-order valence-electron chi connectivity index (χ2n) is 11.1. The van der Waals surface area contributed by atoms with E-state index in [4.69, 9.17) is 9.47 Å². The molecule has 0 saturated heterocycles. The molecule has 0 bridgehead atoms. The van der Waals surface area contributed by atoms with Gasteiger partial charge in [0.15, 0.2) is 11.5 Å². The van der Waals surface area contributed by atoms with Gasteiger partial charge in [-0.3, -0.25) is 9.59 Å². The molecule has 9 heteroatoms. The van der Waals surface area contributed by atoms with Gasteiger partial charge in [0.25, 0.3) is 0 Å². The van der Waals surface area contributed by atoms with Gasteiger partial charge in [-0.05, 0) is 54.9 Å². The number of hydrogen-bond donors (Lipinski definition) is 4. The van der Waals surface area contributed by atoms with E-state index in [1.165, 1.54) is 7.11 Å². The molecule has 2 amide bonds. The molecule has 1 fully saturated rings. The van der Waals surface area contributed by atoms with Crippen LogP contribution in [-0.4, -0.2) is 77.1 Å². The number of aliphatic hydroxyl groups is 3. The molecule has 4 N–H and O–H groups in total. The third-order valence-corrected chi connectivity index (χ3v) is 8.06. The van der Waals surface area contributed by atoms with Gasteiger partial charge in [-0.25, -0.2) is 0 Å². The Bertz CT molecular complexity index is 1030. The summed E-state index contributed by atoms with van der Waals surface area (Å²) in [6, 6.07) is 2.70. The van der Waals surface area contributed by atoms with Crippen molar-refractivity contribution in [1.82, 2.24) is 10.2 Å². The number of nitrogens with zero attached hydrogens (tertiary/aromatic N) is 1. The van der Waals surface area contributed by atoms with Crippen LogP contribution >= 0.6 is 0 Å². The van der Waals surface area contributed by atoms with E-state index in [0.29, 0.717) is 53.0 Å². The van der Waals surface area contributed by atoms with Gasteiger partial charge in [0, 0.05) is 30.6 Å². The molecule has 4 unspecified atom stereocenters. The smallest absolute Gasteiger partial charge is 0.247 e. The fourth-order valence-electron chi connectivity index (χ4n) is 6.04. The second kappa shape index (κ2) is 12.5. The molecule has 1 aliphatic heterocycles. The molecule has 1 saturated carbocycles. The highest BCUT2D eigenvalue weighted by Gasteiger charge is 2.51. The zero-order valence-corrected chi connectivity index (χ0v) is 22.7. The summed E-state index contributed by atoms with van der Waals surface area (Å²) in [6.45, 7) is 4.30. The quantitative estimate of drug-likeness (QED) is 0.346. The molecule has 4 rings (SSSR count). The Morgan fingerprint density at radius 2 is 1.95 bits per heavy atom. The molecular weight excluding hydrogens is 488 g/mol. The van der Waals surface area contributed by atoms with Gasteiger partial charge in [-0.2, -0.15) is 0 Å². The Morgan fingerprint density at radius 1 is 1.21 bits per heavy atom. The second-order valence-corrected chi connectivity index (χ2v) is 11.1. The van der Waals surface area contributed by atoms with Crippen LogP contribution < -0.4 is 14.8 Å². The number of ether oxygens (including phenoxy) is 2. The van der Waals surface area contributed by atoms with E-state index < -0.39 is 24.2 Å². The van der Waals surface area contributed by atoms with Crippen molar-refractivity contribution < 1.29 is 34.4 Å². The van der Waals surface area contributed by atoms with E-state index in [-0.39, 0.29) is 31.6 Å². The number of methoxy groups -OCH3 is 1. The van der Waals surface area contributed by atoms with Crippen LogP contribution in [0, 0.1) is 11.8 Å². The summed E-state index contributed by atoms with van der Waals surface area (Å²) < 4.78 is 11.8. The summed E-state index contributed by atoms with van der Waals surface area (Å²) in [4.78, 5) is 28.8. The molecular formula is C29H42N2O7. The molecule has 38 heavy (non-hydrogen) atoms. The van der Waals surface area contributed by atoms with Crippen LogP contribution in [0.2, 0.25) is 0 Å². The van der Waals surface area contributed by atoms with Gasteiger partial charge in [0.05, 0.1) is 32.3 Å². The van der Waals surface area contributed by atoms with E-state index in [1.807, 2.05) is 0 Å². The number of aliphatic hydroxyl groups excluding tert-OH is 3. The third kappa shape index (κ3) is 5.84. The highest BCUT2D eigenvalue weighted by atomic mass is 16.5. The summed E-state index contributed by atoms with van der Waals surface area (Å²) in [5, 5.41) is 33.6. The number of benzene rings is 1. The first-order valence-electron chi connectivity index (χ1n) is 13.9. The van der Waals surface area contributed by atoms with Crippen LogP contribution in [-0.2, 0) is 16.2 Å². The molecule has 2 aliphatic carbocycles. The van der Waals surface area contributed by atoms with Gasteiger partial charge in [-0.1, -0.05) is 26.7 Å². The van der Waals surface area contributed by atoms with Crippen molar-refractivity contribution >= 4 is 11.8 Å². The van der Waals surface area contributed by atoms with Crippen LogP contribution in [0.25, 0.3) is 0 Å². The summed E-state index contributed by atoms with van der Waals surface area (Å²) in [7, 11) is 1.50. The molecule has 1 aromatic carbocycles. The highest BCUT2D eigenvalue weighted by Crippen LogP contribution is 2.51. The van der Waals surface area contributed by atoms with Crippen LogP contribution in [0.1, 0.15) is 69.4 Å². The first kappa shape index (κ1) is 28.4. The molecule has 9 nitrogen and oxygen atoms in total. The molecule has 0 radical (unpaired) electrons. The minimum atomic E-state index is -1.08. The van der Waals surface area contributed by atoms with Crippen LogP contribution in [0.5, 0.6) is 11.5 Å². The lowest BCUT2D eigenvalue weighted by Crippen LogP contribution is -2.56. The summed E-state index contributed by atoms with van der Waals surface area (Å²) in [5.41, 5.74) is 1.62. The summed E-state index contributed by atoms with van der Waals surface area (Å²) >= 11 is 0. The van der Waals surface area contributed by atoms with E-state index in [9.17, 15) is 24.9 Å². The van der Waals surface area contributed by atoms with E-state index in [1.54, 1.807) is 23.1 Å². The van der Waals surface area contributed by atoms with Crippen LogP contribution in [0.4, 0.5) is 0 Å². The maximum absolute atomic E-state index is 13.7. The summed E-state index contributed by atoms with van der Waals surface area (Å²) in [5.74, 6) is 0.522. The highest BCUT2D eigenvalue weighted by molar-refractivity contribution is 5.96. The van der Waals surface area contributed by atoms with Crippen LogP contribution in [0.3, 0.4) is 0 Å². The Kier molecular flexibility index (Phi) is 9.33. The number of hydrogen-bond acceptors (Lipinski definition) is 7. The first-order valence-corrected chi connectivity index (χ1v) is 13.9. The minimum Gasteiger partial charge on any atom is -0.493 e.